The van der Waals surface area contributed by atoms with Gasteiger partial charge in [-0.25, -0.2) is 0 Å². The van der Waals surface area contributed by atoms with Gasteiger partial charge in [0.15, 0.2) is 0 Å². The number of hydrazone groups is 1. The largest absolute Gasteiger partial charge is 0.306 e. The Labute approximate surface area is 105 Å². The second-order valence-corrected chi connectivity index (χ2v) is 6.41. The summed E-state index contributed by atoms with van der Waals surface area (Å²) in [5.41, 5.74) is 4.36. The zero-order valence-corrected chi connectivity index (χ0v) is 11.5. The van der Waals surface area contributed by atoms with Crippen molar-refractivity contribution < 1.29 is 4.79 Å². The minimum atomic E-state index is 0.0621. The van der Waals surface area contributed by atoms with Gasteiger partial charge in [-0.15, -0.1) is 0 Å². The van der Waals surface area contributed by atoms with E-state index in [2.05, 4.69) is 40.3 Å². The van der Waals surface area contributed by atoms with Crippen LogP contribution in [0.5, 0.6) is 0 Å². The Morgan fingerprint density at radius 2 is 2.31 bits per heavy atom. The van der Waals surface area contributed by atoms with Crippen molar-refractivity contribution in [2.24, 2.45) is 16.4 Å². The summed E-state index contributed by atoms with van der Waals surface area (Å²) < 4.78 is 0. The summed E-state index contributed by atoms with van der Waals surface area (Å²) in [5.74, 6) is 0.437. The van der Waals surface area contributed by atoms with E-state index in [1.54, 1.807) is 0 Å². The average Bonchev–Trinajstić information content (AvgIpc) is 2.56. The number of fused-ring (bicyclic) bond motifs is 1. The Kier molecular flexibility index (Phi) is 3.38. The van der Waals surface area contributed by atoms with Crippen LogP contribution in [0.4, 0.5) is 0 Å². The molecule has 2 aliphatic rings. The molecule has 2 rings (SSSR count). The van der Waals surface area contributed by atoms with Crippen LogP contribution in [0.2, 0.25) is 0 Å². The van der Waals surface area contributed by atoms with Crippen molar-refractivity contribution in [1.82, 2.24) is 5.43 Å². The van der Waals surface area contributed by atoms with E-state index in [1.165, 1.54) is 0 Å². The smallest absolute Gasteiger partial charge is 0.144 e. The molecule has 0 amide bonds. The van der Waals surface area contributed by atoms with Gasteiger partial charge in [-0.05, 0) is 24.7 Å². The van der Waals surface area contributed by atoms with E-state index in [0.717, 1.165) is 30.3 Å². The molecule has 0 aromatic heterocycles. The van der Waals surface area contributed by atoms with Crippen molar-refractivity contribution in [3.63, 3.8) is 0 Å². The molecule has 0 saturated heterocycles. The summed E-state index contributed by atoms with van der Waals surface area (Å²) in [6.45, 7) is 4.33. The molecule has 0 unspecified atom stereocenters. The number of hydrogen-bond acceptors (Lipinski definition) is 3. The molecule has 0 radical (unpaired) electrons. The molecule has 4 heteroatoms. The molecular formula is C12H19BrN2O. The van der Waals surface area contributed by atoms with Crippen molar-refractivity contribution in [2.75, 3.05) is 5.33 Å². The lowest BCUT2D eigenvalue weighted by atomic mass is 9.68. The number of ketones is 1. The van der Waals surface area contributed by atoms with Gasteiger partial charge >= 0.3 is 0 Å². The molecule has 16 heavy (non-hydrogen) atoms. The number of nitrogens with one attached hydrogen (secondary N) is 1. The zero-order valence-electron chi connectivity index (χ0n) is 9.92. The molecule has 0 bridgehead atoms. The van der Waals surface area contributed by atoms with Gasteiger partial charge in [0, 0.05) is 11.8 Å². The standard InChI is InChI=1S/C12H19BrN2O/c1-12(2)6-9-11(10(16)7-12)8(14-15-9)4-3-5-13/h9,11,15H,3-7H2,1-2H3/t9-,11+/m0/s1. The number of rotatable bonds is 3. The van der Waals surface area contributed by atoms with Crippen molar-refractivity contribution in [2.45, 2.75) is 45.6 Å². The maximum atomic E-state index is 12.1. The number of carbonyl (C=O) groups is 1. The number of nitrogens with zero attached hydrogens (tertiary/aromatic N) is 1. The number of hydrogen-bond donors (Lipinski definition) is 1. The summed E-state index contributed by atoms with van der Waals surface area (Å²) in [6, 6.07) is 0.251. The minimum absolute atomic E-state index is 0.0621. The fraction of sp³-hybridized carbons (Fsp3) is 0.833. The predicted octanol–water partition coefficient (Wildman–Crippen LogP) is 2.49. The van der Waals surface area contributed by atoms with Crippen molar-refractivity contribution in [3.8, 4) is 0 Å². The first-order chi connectivity index (χ1) is 7.53. The highest BCUT2D eigenvalue weighted by Gasteiger charge is 2.45. The van der Waals surface area contributed by atoms with Crippen LogP contribution in [-0.4, -0.2) is 22.9 Å². The van der Waals surface area contributed by atoms with Gasteiger partial charge in [-0.1, -0.05) is 29.8 Å². The highest BCUT2D eigenvalue weighted by Crippen LogP contribution is 2.39. The van der Waals surface area contributed by atoms with Crippen LogP contribution >= 0.6 is 15.9 Å². The third-order valence-electron chi connectivity index (χ3n) is 3.47. The summed E-state index contributed by atoms with van der Waals surface area (Å²) in [7, 11) is 0. The second kappa shape index (κ2) is 4.47. The van der Waals surface area contributed by atoms with Crippen molar-refractivity contribution >= 4 is 27.4 Å². The van der Waals surface area contributed by atoms with Crippen LogP contribution in [0, 0.1) is 11.3 Å². The minimum Gasteiger partial charge on any atom is -0.306 e. The first-order valence-electron chi connectivity index (χ1n) is 5.94. The molecule has 1 N–H and O–H groups in total. The topological polar surface area (TPSA) is 41.5 Å². The Balaban J connectivity index is 2.06. The fourth-order valence-corrected chi connectivity index (χ4v) is 3.10. The number of alkyl halides is 1. The molecule has 3 nitrogen and oxygen atoms in total. The number of halogens is 1. The average molecular weight is 287 g/mol. The highest BCUT2D eigenvalue weighted by atomic mass is 79.9. The zero-order chi connectivity index (χ0) is 11.8. The fourth-order valence-electron chi connectivity index (χ4n) is 2.82. The van der Waals surface area contributed by atoms with Crippen LogP contribution in [0.3, 0.4) is 0 Å². The third-order valence-corrected chi connectivity index (χ3v) is 4.03. The van der Waals surface area contributed by atoms with Gasteiger partial charge in [-0.2, -0.15) is 5.10 Å². The Hall–Kier alpha value is -0.380. The van der Waals surface area contributed by atoms with Gasteiger partial charge in [0.2, 0.25) is 0 Å². The third kappa shape index (κ3) is 2.31. The first kappa shape index (κ1) is 12.1. The first-order valence-corrected chi connectivity index (χ1v) is 7.06. The normalized spacial score (nSPS) is 31.9. The molecule has 2 atom stereocenters. The van der Waals surface area contributed by atoms with Gasteiger partial charge in [0.25, 0.3) is 0 Å². The molecular weight excluding hydrogens is 268 g/mol. The van der Waals surface area contributed by atoms with E-state index >= 15 is 0 Å². The predicted molar refractivity (Wildman–Crippen MR) is 68.9 cm³/mol. The quantitative estimate of drug-likeness (QED) is 0.810. The maximum absolute atomic E-state index is 12.1. The van der Waals surface area contributed by atoms with E-state index in [4.69, 9.17) is 0 Å². The molecule has 0 spiro atoms. The van der Waals surface area contributed by atoms with E-state index < -0.39 is 0 Å². The lowest BCUT2D eigenvalue weighted by Crippen LogP contribution is -2.45. The van der Waals surface area contributed by atoms with E-state index in [9.17, 15) is 4.79 Å². The summed E-state index contributed by atoms with van der Waals surface area (Å²) >= 11 is 3.42. The van der Waals surface area contributed by atoms with Gasteiger partial charge in [0.05, 0.1) is 17.7 Å². The SMILES string of the molecule is CC1(C)CC(=O)[C@@H]2C(CCCBr)=NN[C@H]2C1. The lowest BCUT2D eigenvalue weighted by Gasteiger charge is -2.36. The van der Waals surface area contributed by atoms with Crippen LogP contribution in [-0.2, 0) is 4.79 Å². The second-order valence-electron chi connectivity index (χ2n) is 5.62. The highest BCUT2D eigenvalue weighted by molar-refractivity contribution is 9.09. The lowest BCUT2D eigenvalue weighted by molar-refractivity contribution is -0.126. The Morgan fingerprint density at radius 3 is 3.00 bits per heavy atom. The van der Waals surface area contributed by atoms with E-state index in [1.807, 2.05) is 0 Å². The van der Waals surface area contributed by atoms with Crippen molar-refractivity contribution in [3.05, 3.63) is 0 Å². The van der Waals surface area contributed by atoms with Crippen LogP contribution in [0.1, 0.15) is 39.5 Å². The van der Waals surface area contributed by atoms with Gasteiger partial charge in [-0.3, -0.25) is 4.79 Å². The van der Waals surface area contributed by atoms with E-state index in [0.29, 0.717) is 12.2 Å². The summed E-state index contributed by atoms with van der Waals surface area (Å²) in [4.78, 5) is 12.1. The van der Waals surface area contributed by atoms with Gasteiger partial charge in [0.1, 0.15) is 5.78 Å². The van der Waals surface area contributed by atoms with Crippen LogP contribution in [0.25, 0.3) is 0 Å². The molecule has 1 heterocycles. The van der Waals surface area contributed by atoms with Crippen LogP contribution in [0.15, 0.2) is 5.10 Å². The number of Topliss-reactive ketones (excluding diaryl/α,β-unsaturated/α-hetero) is 1. The summed E-state index contributed by atoms with van der Waals surface area (Å²) in [6.07, 6.45) is 3.74. The maximum Gasteiger partial charge on any atom is 0.144 e. The Morgan fingerprint density at radius 1 is 1.56 bits per heavy atom. The summed E-state index contributed by atoms with van der Waals surface area (Å²) in [5, 5.41) is 5.33. The molecule has 90 valence electrons. The monoisotopic (exact) mass is 286 g/mol. The molecule has 0 aromatic carbocycles. The number of carbonyl (C=O) groups excluding carboxylic acids is 1. The van der Waals surface area contributed by atoms with Crippen LogP contribution < -0.4 is 5.43 Å². The molecule has 1 aliphatic heterocycles. The van der Waals surface area contributed by atoms with E-state index in [-0.39, 0.29) is 17.4 Å². The molecule has 0 aromatic rings. The van der Waals surface area contributed by atoms with Crippen molar-refractivity contribution in [1.29, 1.82) is 0 Å². The Bertz CT molecular complexity index is 325. The molecule has 1 saturated carbocycles. The molecule has 1 fully saturated rings. The molecule has 1 aliphatic carbocycles. The van der Waals surface area contributed by atoms with Gasteiger partial charge < -0.3 is 5.43 Å².